The minimum Gasteiger partial charge on any atom is -0.399 e. The Morgan fingerprint density at radius 3 is 2.85 bits per heavy atom. The van der Waals surface area contributed by atoms with E-state index < -0.39 is 0 Å². The zero-order valence-corrected chi connectivity index (χ0v) is 14.6. The van der Waals surface area contributed by atoms with Crippen LogP contribution >= 0.6 is 0 Å². The van der Waals surface area contributed by atoms with Crippen molar-refractivity contribution in [2.75, 3.05) is 11.1 Å². The largest absolute Gasteiger partial charge is 0.399 e. The molecule has 6 nitrogen and oxygen atoms in total. The molecule has 0 bridgehead atoms. The maximum Gasteiger partial charge on any atom is 0.161 e. The van der Waals surface area contributed by atoms with E-state index in [1.165, 1.54) is 0 Å². The molecule has 3 heterocycles. The van der Waals surface area contributed by atoms with E-state index >= 15 is 0 Å². The Balaban J connectivity index is 1.71. The van der Waals surface area contributed by atoms with Gasteiger partial charge in [-0.1, -0.05) is 12.0 Å². The van der Waals surface area contributed by atoms with Crippen molar-refractivity contribution in [1.82, 2.24) is 19.2 Å². The Labute approximate surface area is 151 Å². The van der Waals surface area contributed by atoms with Gasteiger partial charge >= 0.3 is 0 Å². The summed E-state index contributed by atoms with van der Waals surface area (Å²) in [4.78, 5) is 4.52. The maximum absolute atomic E-state index is 5.86. The van der Waals surface area contributed by atoms with Crippen LogP contribution in [0.5, 0.6) is 0 Å². The van der Waals surface area contributed by atoms with Crippen molar-refractivity contribution in [2.45, 2.75) is 6.92 Å². The summed E-state index contributed by atoms with van der Waals surface area (Å²) in [5.41, 5.74) is 12.0. The van der Waals surface area contributed by atoms with Crippen LogP contribution in [0.25, 0.3) is 5.65 Å². The number of pyridine rings is 1. The van der Waals surface area contributed by atoms with Crippen molar-refractivity contribution < 1.29 is 0 Å². The molecule has 0 amide bonds. The molecule has 0 spiro atoms. The lowest BCUT2D eigenvalue weighted by molar-refractivity contribution is 0.768. The van der Waals surface area contributed by atoms with Gasteiger partial charge in [-0.2, -0.15) is 5.10 Å². The molecule has 0 saturated heterocycles. The Bertz CT molecular complexity index is 1160. The zero-order chi connectivity index (χ0) is 18.1. The quantitative estimate of drug-likeness (QED) is 0.434. The van der Waals surface area contributed by atoms with Crippen molar-refractivity contribution in [3.8, 4) is 11.8 Å². The second-order valence-corrected chi connectivity index (χ2v) is 6.11. The molecule has 3 aromatic heterocycles. The molecule has 0 fully saturated rings. The summed E-state index contributed by atoms with van der Waals surface area (Å²) < 4.78 is 3.71. The number of nitrogens with zero attached hydrogens (tertiary/aromatic N) is 4. The van der Waals surface area contributed by atoms with E-state index in [2.05, 4.69) is 27.2 Å². The van der Waals surface area contributed by atoms with Gasteiger partial charge in [-0.25, -0.2) is 4.98 Å². The maximum atomic E-state index is 5.86. The Morgan fingerprint density at radius 2 is 2.04 bits per heavy atom. The topological polar surface area (TPSA) is 73.2 Å². The third-order valence-electron chi connectivity index (χ3n) is 4.11. The number of nitrogen functional groups attached to an aromatic ring is 1. The summed E-state index contributed by atoms with van der Waals surface area (Å²) in [7, 11) is 1.88. The second kappa shape index (κ2) is 6.30. The van der Waals surface area contributed by atoms with Crippen LogP contribution in [-0.2, 0) is 7.05 Å². The third-order valence-corrected chi connectivity index (χ3v) is 4.11. The lowest BCUT2D eigenvalue weighted by atomic mass is 10.1. The highest BCUT2D eigenvalue weighted by Gasteiger charge is 2.07. The molecule has 0 atom stereocenters. The number of anilines is 3. The summed E-state index contributed by atoms with van der Waals surface area (Å²) in [5.74, 6) is 6.39. The molecule has 0 aliphatic rings. The molecule has 1 aromatic carbocycles. The van der Waals surface area contributed by atoms with Crippen molar-refractivity contribution in [2.24, 2.45) is 7.05 Å². The fraction of sp³-hybridized carbons (Fsp3) is 0.100. The summed E-state index contributed by atoms with van der Waals surface area (Å²) >= 11 is 0. The molecule has 128 valence electrons. The predicted molar refractivity (Wildman–Crippen MR) is 103 cm³/mol. The van der Waals surface area contributed by atoms with E-state index in [1.54, 1.807) is 17.1 Å². The number of benzene rings is 1. The molecule has 0 aliphatic heterocycles. The van der Waals surface area contributed by atoms with Gasteiger partial charge in [0.05, 0.1) is 23.8 Å². The van der Waals surface area contributed by atoms with E-state index in [-0.39, 0.29) is 0 Å². The van der Waals surface area contributed by atoms with Crippen LogP contribution in [0.3, 0.4) is 0 Å². The standard InChI is InChI=1S/C20H18N6/c1-14-5-7-16(21)10-15(14)6-8-18-12-22-20-19(4-3-9-26(18)20)24-17-11-23-25(2)13-17/h3-5,7,9-13,24H,21H2,1-2H3. The van der Waals surface area contributed by atoms with Gasteiger partial charge in [-0.15, -0.1) is 0 Å². The van der Waals surface area contributed by atoms with Crippen LogP contribution in [0.1, 0.15) is 16.8 Å². The van der Waals surface area contributed by atoms with Crippen LogP contribution in [0.2, 0.25) is 0 Å². The molecular weight excluding hydrogens is 324 g/mol. The van der Waals surface area contributed by atoms with Gasteiger partial charge in [-0.05, 0) is 42.7 Å². The number of aryl methyl sites for hydroxylation is 2. The number of aromatic nitrogens is 4. The molecule has 0 radical (unpaired) electrons. The molecule has 4 rings (SSSR count). The first-order chi connectivity index (χ1) is 12.6. The molecule has 3 N–H and O–H groups in total. The number of rotatable bonds is 2. The van der Waals surface area contributed by atoms with E-state index in [9.17, 15) is 0 Å². The van der Waals surface area contributed by atoms with Gasteiger partial charge < -0.3 is 11.1 Å². The monoisotopic (exact) mass is 342 g/mol. The van der Waals surface area contributed by atoms with Crippen molar-refractivity contribution >= 4 is 22.7 Å². The van der Waals surface area contributed by atoms with Gasteiger partial charge in [0.25, 0.3) is 0 Å². The number of imidazole rings is 1. The Hall–Kier alpha value is -3.72. The highest BCUT2D eigenvalue weighted by molar-refractivity contribution is 5.74. The van der Waals surface area contributed by atoms with E-state index in [0.29, 0.717) is 5.69 Å². The van der Waals surface area contributed by atoms with E-state index in [1.807, 2.05) is 61.1 Å². The summed E-state index contributed by atoms with van der Waals surface area (Å²) in [5, 5.41) is 7.51. The van der Waals surface area contributed by atoms with Crippen molar-refractivity contribution in [3.05, 3.63) is 71.9 Å². The van der Waals surface area contributed by atoms with Crippen LogP contribution in [-0.4, -0.2) is 19.2 Å². The molecule has 0 unspecified atom stereocenters. The first-order valence-corrected chi connectivity index (χ1v) is 8.20. The lowest BCUT2D eigenvalue weighted by Crippen LogP contribution is -1.95. The fourth-order valence-corrected chi connectivity index (χ4v) is 2.75. The van der Waals surface area contributed by atoms with Gasteiger partial charge in [0.1, 0.15) is 5.69 Å². The molecule has 0 saturated carbocycles. The van der Waals surface area contributed by atoms with Gasteiger partial charge in [-0.3, -0.25) is 9.08 Å². The van der Waals surface area contributed by atoms with Gasteiger partial charge in [0.2, 0.25) is 0 Å². The van der Waals surface area contributed by atoms with Crippen LogP contribution in [0.15, 0.2) is 55.1 Å². The Morgan fingerprint density at radius 1 is 1.15 bits per heavy atom. The Kier molecular flexibility index (Phi) is 3.82. The highest BCUT2D eigenvalue weighted by atomic mass is 15.3. The average Bonchev–Trinajstić information content (AvgIpc) is 3.22. The second-order valence-electron chi connectivity index (χ2n) is 6.11. The number of hydrogen-bond donors (Lipinski definition) is 2. The number of fused-ring (bicyclic) bond motifs is 1. The summed E-state index contributed by atoms with van der Waals surface area (Å²) in [6.07, 6.45) is 7.41. The predicted octanol–water partition coefficient (Wildman–Crippen LogP) is 3.10. The van der Waals surface area contributed by atoms with Crippen LogP contribution in [0, 0.1) is 18.8 Å². The van der Waals surface area contributed by atoms with E-state index in [4.69, 9.17) is 5.73 Å². The third kappa shape index (κ3) is 2.98. The van der Waals surface area contributed by atoms with Crippen molar-refractivity contribution in [1.29, 1.82) is 0 Å². The first kappa shape index (κ1) is 15.8. The molecule has 0 aliphatic carbocycles. The molecule has 6 heteroatoms. The lowest BCUT2D eigenvalue weighted by Gasteiger charge is -2.05. The van der Waals surface area contributed by atoms with E-state index in [0.717, 1.165) is 33.8 Å². The van der Waals surface area contributed by atoms with Gasteiger partial charge in [0.15, 0.2) is 5.65 Å². The average molecular weight is 342 g/mol. The van der Waals surface area contributed by atoms with Gasteiger partial charge in [0, 0.05) is 30.7 Å². The summed E-state index contributed by atoms with van der Waals surface area (Å²) in [6.45, 7) is 2.02. The minimum atomic E-state index is 0.709. The molecular formula is C20H18N6. The van der Waals surface area contributed by atoms with Crippen LogP contribution in [0.4, 0.5) is 17.1 Å². The van der Waals surface area contributed by atoms with Crippen LogP contribution < -0.4 is 11.1 Å². The minimum absolute atomic E-state index is 0.709. The van der Waals surface area contributed by atoms with Crippen molar-refractivity contribution in [3.63, 3.8) is 0 Å². The smallest absolute Gasteiger partial charge is 0.161 e. The zero-order valence-electron chi connectivity index (χ0n) is 14.6. The molecule has 26 heavy (non-hydrogen) atoms. The SMILES string of the molecule is Cc1ccc(N)cc1C#Cc1cnc2c(Nc3cnn(C)c3)cccn12. The fourth-order valence-electron chi connectivity index (χ4n) is 2.75. The number of hydrogen-bond acceptors (Lipinski definition) is 4. The molecule has 4 aromatic rings. The summed E-state index contributed by atoms with van der Waals surface area (Å²) in [6, 6.07) is 9.69. The normalized spacial score (nSPS) is 10.5. The first-order valence-electron chi connectivity index (χ1n) is 8.20. The number of nitrogens with two attached hydrogens (primary N) is 1. The highest BCUT2D eigenvalue weighted by Crippen LogP contribution is 2.21. The number of nitrogens with one attached hydrogen (secondary N) is 1.